The maximum absolute atomic E-state index is 13.2. The minimum Gasteiger partial charge on any atom is -0.384 e. The third kappa shape index (κ3) is 3.23. The van der Waals surface area contributed by atoms with Gasteiger partial charge in [-0.1, -0.05) is 37.6 Å². The summed E-state index contributed by atoms with van der Waals surface area (Å²) < 4.78 is 15.1. The average molecular weight is 333 g/mol. The molecule has 0 aliphatic rings. The zero-order valence-electron chi connectivity index (χ0n) is 13.0. The molecule has 5 heteroatoms. The van der Waals surface area contributed by atoms with Crippen LogP contribution in [0.15, 0.2) is 42.6 Å². The second kappa shape index (κ2) is 6.30. The molecule has 0 bridgehead atoms. The average Bonchev–Trinajstić information content (AvgIpc) is 2.88. The number of nitrogens with zero attached hydrogens (tertiary/aromatic N) is 2. The lowest BCUT2D eigenvalue weighted by atomic mass is 10.0. The van der Waals surface area contributed by atoms with Gasteiger partial charge >= 0.3 is 0 Å². The molecule has 0 radical (unpaired) electrons. The van der Waals surface area contributed by atoms with E-state index < -0.39 is 11.9 Å². The smallest absolute Gasteiger partial charge is 0.124 e. The summed E-state index contributed by atoms with van der Waals surface area (Å²) in [5, 5.41) is 16.1. The quantitative estimate of drug-likeness (QED) is 0.760. The summed E-state index contributed by atoms with van der Waals surface area (Å²) in [4.78, 5) is 0. The molecular weight excluding hydrogens is 315 g/mol. The Morgan fingerprint density at radius 1 is 1.22 bits per heavy atom. The predicted molar refractivity (Wildman–Crippen MR) is 90.0 cm³/mol. The Labute approximate surface area is 139 Å². The molecule has 1 N–H and O–H groups in total. The van der Waals surface area contributed by atoms with E-state index in [0.717, 1.165) is 17.4 Å². The van der Waals surface area contributed by atoms with Gasteiger partial charge in [0, 0.05) is 22.5 Å². The molecule has 120 valence electrons. The highest BCUT2D eigenvalue weighted by Gasteiger charge is 2.16. The second-order valence-corrected chi connectivity index (χ2v) is 6.51. The van der Waals surface area contributed by atoms with Crippen molar-refractivity contribution in [1.29, 1.82) is 0 Å². The number of aromatic nitrogens is 2. The Kier molecular flexibility index (Phi) is 4.37. The van der Waals surface area contributed by atoms with Gasteiger partial charge in [-0.3, -0.25) is 4.68 Å². The Balaban J connectivity index is 1.97. The van der Waals surface area contributed by atoms with E-state index in [1.165, 1.54) is 18.2 Å². The first kappa shape index (κ1) is 16.0. The monoisotopic (exact) mass is 332 g/mol. The van der Waals surface area contributed by atoms with Crippen molar-refractivity contribution < 1.29 is 9.50 Å². The van der Waals surface area contributed by atoms with Gasteiger partial charge in [0.05, 0.1) is 11.7 Å². The molecule has 0 fully saturated rings. The van der Waals surface area contributed by atoms with Crippen molar-refractivity contribution in [2.45, 2.75) is 26.5 Å². The van der Waals surface area contributed by atoms with E-state index in [2.05, 4.69) is 18.9 Å². The van der Waals surface area contributed by atoms with Gasteiger partial charge in [-0.15, -0.1) is 0 Å². The highest BCUT2D eigenvalue weighted by Crippen LogP contribution is 2.30. The van der Waals surface area contributed by atoms with E-state index in [4.69, 9.17) is 11.6 Å². The van der Waals surface area contributed by atoms with Crippen LogP contribution in [-0.4, -0.2) is 14.9 Å². The Bertz CT molecular complexity index is 844. The van der Waals surface area contributed by atoms with Crippen LogP contribution in [0.1, 0.15) is 31.1 Å². The lowest BCUT2D eigenvalue weighted by Crippen LogP contribution is -2.05. The van der Waals surface area contributed by atoms with Crippen LogP contribution in [-0.2, 0) is 6.54 Å². The van der Waals surface area contributed by atoms with Crippen LogP contribution in [0.2, 0.25) is 5.02 Å². The van der Waals surface area contributed by atoms with Crippen LogP contribution < -0.4 is 0 Å². The van der Waals surface area contributed by atoms with E-state index in [1.807, 2.05) is 22.9 Å². The first-order valence-electron chi connectivity index (χ1n) is 7.54. The number of benzene rings is 2. The molecule has 2 aromatic carbocycles. The van der Waals surface area contributed by atoms with E-state index in [-0.39, 0.29) is 5.02 Å². The molecule has 3 nitrogen and oxygen atoms in total. The van der Waals surface area contributed by atoms with Crippen LogP contribution in [0, 0.1) is 11.7 Å². The highest BCUT2D eigenvalue weighted by atomic mass is 35.5. The number of aliphatic hydroxyl groups excluding tert-OH is 1. The maximum Gasteiger partial charge on any atom is 0.124 e. The van der Waals surface area contributed by atoms with Crippen LogP contribution in [0.25, 0.3) is 10.9 Å². The normalized spacial score (nSPS) is 13.0. The minimum absolute atomic E-state index is 0.216. The summed E-state index contributed by atoms with van der Waals surface area (Å²) in [6.45, 7) is 5.12. The summed E-state index contributed by atoms with van der Waals surface area (Å²) in [6.07, 6.45) is 0.890. The molecule has 1 unspecified atom stereocenters. The summed E-state index contributed by atoms with van der Waals surface area (Å²) in [7, 11) is 0. The van der Waals surface area contributed by atoms with Crippen molar-refractivity contribution in [3.8, 4) is 0 Å². The molecule has 0 saturated carbocycles. The zero-order valence-corrected chi connectivity index (χ0v) is 13.8. The first-order valence-corrected chi connectivity index (χ1v) is 7.92. The molecule has 1 aromatic heterocycles. The highest BCUT2D eigenvalue weighted by molar-refractivity contribution is 6.31. The molecule has 1 atom stereocenters. The van der Waals surface area contributed by atoms with Crippen molar-refractivity contribution in [3.05, 3.63) is 64.6 Å². The van der Waals surface area contributed by atoms with Gasteiger partial charge < -0.3 is 5.11 Å². The molecular formula is C18H18ClFN2O. The number of halogens is 2. The van der Waals surface area contributed by atoms with E-state index in [0.29, 0.717) is 17.0 Å². The number of hydrogen-bond acceptors (Lipinski definition) is 2. The number of rotatable bonds is 4. The maximum atomic E-state index is 13.2. The topological polar surface area (TPSA) is 38.0 Å². The lowest BCUT2D eigenvalue weighted by Gasteiger charge is -2.14. The van der Waals surface area contributed by atoms with Crippen molar-refractivity contribution in [2.24, 2.45) is 5.92 Å². The third-order valence-corrected chi connectivity index (χ3v) is 4.10. The first-order chi connectivity index (χ1) is 11.0. The van der Waals surface area contributed by atoms with Crippen LogP contribution >= 0.6 is 11.6 Å². The standard InChI is InChI=1S/C18H18ClFN2O/c1-11(2)10-22-17-6-3-12(7-13(17)9-21-22)18(23)15-5-4-14(20)8-16(15)19/h3-9,11,18,23H,10H2,1-2H3. The molecule has 3 aromatic rings. The lowest BCUT2D eigenvalue weighted by molar-refractivity contribution is 0.220. The Hall–Kier alpha value is -1.91. The molecule has 3 rings (SSSR count). The molecule has 0 aliphatic heterocycles. The SMILES string of the molecule is CC(C)Cn1ncc2cc(C(O)c3ccc(F)cc3Cl)ccc21. The van der Waals surface area contributed by atoms with Crippen LogP contribution in [0.3, 0.4) is 0 Å². The summed E-state index contributed by atoms with van der Waals surface area (Å²) in [5.41, 5.74) is 2.22. The fraction of sp³-hybridized carbons (Fsp3) is 0.278. The second-order valence-electron chi connectivity index (χ2n) is 6.11. The predicted octanol–water partition coefficient (Wildman–Crippen LogP) is 4.57. The number of aliphatic hydroxyl groups is 1. The molecule has 0 aliphatic carbocycles. The minimum atomic E-state index is -0.902. The van der Waals surface area contributed by atoms with Crippen molar-refractivity contribution in [2.75, 3.05) is 0 Å². The van der Waals surface area contributed by atoms with E-state index >= 15 is 0 Å². The van der Waals surface area contributed by atoms with Crippen molar-refractivity contribution >= 4 is 22.5 Å². The van der Waals surface area contributed by atoms with Gasteiger partial charge in [0.25, 0.3) is 0 Å². The van der Waals surface area contributed by atoms with Crippen molar-refractivity contribution in [1.82, 2.24) is 9.78 Å². The third-order valence-electron chi connectivity index (χ3n) is 3.78. The van der Waals surface area contributed by atoms with Crippen molar-refractivity contribution in [3.63, 3.8) is 0 Å². The Morgan fingerprint density at radius 2 is 2.00 bits per heavy atom. The summed E-state index contributed by atoms with van der Waals surface area (Å²) in [6, 6.07) is 9.70. The van der Waals surface area contributed by atoms with Gasteiger partial charge in [-0.05, 0) is 35.7 Å². The zero-order chi connectivity index (χ0) is 16.6. The number of hydrogen-bond donors (Lipinski definition) is 1. The fourth-order valence-electron chi connectivity index (χ4n) is 2.67. The summed E-state index contributed by atoms with van der Waals surface area (Å²) in [5.74, 6) is 0.0813. The molecule has 0 saturated heterocycles. The van der Waals surface area contributed by atoms with Gasteiger partial charge in [-0.2, -0.15) is 5.10 Å². The van der Waals surface area contributed by atoms with E-state index in [9.17, 15) is 9.50 Å². The molecule has 0 amide bonds. The van der Waals surface area contributed by atoms with Gasteiger partial charge in [0.15, 0.2) is 0 Å². The number of fused-ring (bicyclic) bond motifs is 1. The van der Waals surface area contributed by atoms with Gasteiger partial charge in [0.1, 0.15) is 11.9 Å². The summed E-state index contributed by atoms with van der Waals surface area (Å²) >= 11 is 6.04. The Morgan fingerprint density at radius 3 is 2.70 bits per heavy atom. The van der Waals surface area contributed by atoms with Gasteiger partial charge in [-0.25, -0.2) is 4.39 Å². The molecule has 0 spiro atoms. The van der Waals surface area contributed by atoms with Gasteiger partial charge in [0.2, 0.25) is 0 Å². The molecule has 23 heavy (non-hydrogen) atoms. The molecule has 1 heterocycles. The largest absolute Gasteiger partial charge is 0.384 e. The fourth-order valence-corrected chi connectivity index (χ4v) is 2.94. The van der Waals surface area contributed by atoms with Crippen LogP contribution in [0.5, 0.6) is 0 Å². The van der Waals surface area contributed by atoms with Crippen LogP contribution in [0.4, 0.5) is 4.39 Å². The van der Waals surface area contributed by atoms with E-state index in [1.54, 1.807) is 6.20 Å².